The van der Waals surface area contributed by atoms with E-state index in [9.17, 15) is 26.0 Å². The first-order chi connectivity index (χ1) is 20.3. The average Bonchev–Trinajstić information content (AvgIpc) is 2.98. The number of aryl methyl sites for hydroxylation is 1. The molecule has 0 aliphatic heterocycles. The van der Waals surface area contributed by atoms with Crippen LogP contribution in [0.1, 0.15) is 5.56 Å². The van der Waals surface area contributed by atoms with E-state index < -0.39 is 38.3 Å². The van der Waals surface area contributed by atoms with Gasteiger partial charge in [-0.1, -0.05) is 17.7 Å². The third-order valence-electron chi connectivity index (χ3n) is 6.22. The Bertz CT molecular complexity index is 1850. The molecule has 0 aromatic heterocycles. The Balaban J connectivity index is 1.55. The summed E-state index contributed by atoms with van der Waals surface area (Å²) < 4.78 is 80.3. The zero-order valence-corrected chi connectivity index (χ0v) is 25.6. The monoisotopic (exact) mass is 647 g/mol. The van der Waals surface area contributed by atoms with Gasteiger partial charge in [0.2, 0.25) is 5.91 Å². The molecule has 0 unspecified atom stereocenters. The fourth-order valence-electron chi connectivity index (χ4n) is 3.95. The Morgan fingerprint density at radius 1 is 0.814 bits per heavy atom. The van der Waals surface area contributed by atoms with Crippen LogP contribution in [0.5, 0.6) is 11.5 Å². The van der Waals surface area contributed by atoms with Crippen molar-refractivity contribution in [2.24, 2.45) is 0 Å². The van der Waals surface area contributed by atoms with E-state index in [1.165, 1.54) is 74.9 Å². The maximum absolute atomic E-state index is 13.7. The molecule has 1 amide bonds. The minimum atomic E-state index is -4.36. The van der Waals surface area contributed by atoms with Crippen molar-refractivity contribution < 1.29 is 35.5 Å². The summed E-state index contributed by atoms with van der Waals surface area (Å²) in [5, 5.41) is 2.97. The second kappa shape index (κ2) is 12.9. The lowest BCUT2D eigenvalue weighted by atomic mass is 10.2. The molecule has 4 aromatic carbocycles. The Hall–Kier alpha value is -4.33. The number of methoxy groups -OCH3 is 2. The molecule has 0 saturated heterocycles. The van der Waals surface area contributed by atoms with Gasteiger partial charge in [0.05, 0.1) is 35.4 Å². The van der Waals surface area contributed by atoms with Crippen molar-refractivity contribution >= 4 is 54.6 Å². The fraction of sp³-hybridized carbons (Fsp3) is 0.138. The van der Waals surface area contributed by atoms with E-state index in [-0.39, 0.29) is 32.6 Å². The minimum absolute atomic E-state index is 0.0371. The number of carbonyl (C=O) groups is 1. The van der Waals surface area contributed by atoms with Gasteiger partial charge in [-0.05, 0) is 85.3 Å². The van der Waals surface area contributed by atoms with E-state index in [1.807, 2.05) is 0 Å². The molecule has 226 valence electrons. The predicted molar refractivity (Wildman–Crippen MR) is 163 cm³/mol. The highest BCUT2D eigenvalue weighted by molar-refractivity contribution is 7.93. The number of hydrogen-bond acceptors (Lipinski definition) is 7. The van der Waals surface area contributed by atoms with Crippen LogP contribution in [-0.4, -0.2) is 43.5 Å². The Kier molecular flexibility index (Phi) is 9.48. The number of benzene rings is 4. The van der Waals surface area contributed by atoms with E-state index >= 15 is 0 Å². The molecule has 0 spiro atoms. The van der Waals surface area contributed by atoms with Crippen molar-refractivity contribution in [3.05, 3.63) is 101 Å². The van der Waals surface area contributed by atoms with Gasteiger partial charge in [-0.15, -0.1) is 0 Å². The summed E-state index contributed by atoms with van der Waals surface area (Å²) >= 11 is 6.09. The summed E-state index contributed by atoms with van der Waals surface area (Å²) in [6.45, 7) is 1.11. The third kappa shape index (κ3) is 7.37. The lowest BCUT2D eigenvalue weighted by Gasteiger charge is -2.24. The normalized spacial score (nSPS) is 11.5. The van der Waals surface area contributed by atoms with E-state index in [0.717, 1.165) is 22.0 Å². The molecule has 4 rings (SSSR count). The van der Waals surface area contributed by atoms with Gasteiger partial charge in [0, 0.05) is 16.8 Å². The van der Waals surface area contributed by atoms with Gasteiger partial charge >= 0.3 is 0 Å². The largest absolute Gasteiger partial charge is 0.493 e. The van der Waals surface area contributed by atoms with Crippen molar-refractivity contribution in [3.8, 4) is 11.5 Å². The van der Waals surface area contributed by atoms with E-state index in [2.05, 4.69) is 10.0 Å². The number of anilines is 3. The van der Waals surface area contributed by atoms with Crippen LogP contribution in [0.15, 0.2) is 94.7 Å². The molecule has 0 radical (unpaired) electrons. The maximum Gasteiger partial charge on any atom is 0.264 e. The Morgan fingerprint density at radius 2 is 1.42 bits per heavy atom. The standard InChI is InChI=1S/C29H27ClFN3O7S2/c1-19-4-7-22(16-26(19)30)33-42(36,37)24-12-8-21(9-13-24)32-29(35)18-34(23-10-5-20(31)6-11-23)43(38,39)25-14-15-27(40-2)28(17-25)41-3/h4-17,33H,18H2,1-3H3,(H,32,35). The molecule has 0 fully saturated rings. The topological polar surface area (TPSA) is 131 Å². The molecule has 10 nitrogen and oxygen atoms in total. The highest BCUT2D eigenvalue weighted by Gasteiger charge is 2.28. The molecule has 2 N–H and O–H groups in total. The molecule has 43 heavy (non-hydrogen) atoms. The van der Waals surface area contributed by atoms with Crippen LogP contribution in [0.4, 0.5) is 21.5 Å². The summed E-state index contributed by atoms with van der Waals surface area (Å²) in [7, 11) is -5.57. The van der Waals surface area contributed by atoms with Crippen molar-refractivity contribution in [1.29, 1.82) is 0 Å². The first-order valence-electron chi connectivity index (χ1n) is 12.5. The predicted octanol–water partition coefficient (Wildman–Crippen LogP) is 5.44. The maximum atomic E-state index is 13.7. The first kappa shape index (κ1) is 31.6. The molecule has 0 bridgehead atoms. The number of ether oxygens (including phenoxy) is 2. The third-order valence-corrected chi connectivity index (χ3v) is 9.79. The number of nitrogens with zero attached hydrogens (tertiary/aromatic N) is 1. The molecular formula is C29H27ClFN3O7S2. The van der Waals surface area contributed by atoms with E-state index in [4.69, 9.17) is 21.1 Å². The van der Waals surface area contributed by atoms with Crippen LogP contribution in [0.25, 0.3) is 0 Å². The second-order valence-electron chi connectivity index (χ2n) is 9.15. The molecule has 0 aliphatic rings. The second-order valence-corrected chi connectivity index (χ2v) is 13.1. The smallest absolute Gasteiger partial charge is 0.264 e. The summed E-state index contributed by atoms with van der Waals surface area (Å²) in [4.78, 5) is 12.8. The van der Waals surface area contributed by atoms with Crippen LogP contribution in [0.2, 0.25) is 5.02 Å². The molecular weight excluding hydrogens is 621 g/mol. The van der Waals surface area contributed by atoms with Crippen molar-refractivity contribution in [2.45, 2.75) is 16.7 Å². The van der Waals surface area contributed by atoms with Gasteiger partial charge in [0.25, 0.3) is 20.0 Å². The Morgan fingerprint density at radius 3 is 2.02 bits per heavy atom. The molecule has 0 atom stereocenters. The highest BCUT2D eigenvalue weighted by atomic mass is 35.5. The van der Waals surface area contributed by atoms with Crippen molar-refractivity contribution in [1.82, 2.24) is 0 Å². The Labute approximate surface area is 254 Å². The van der Waals surface area contributed by atoms with Gasteiger partial charge in [0.15, 0.2) is 11.5 Å². The average molecular weight is 648 g/mol. The lowest BCUT2D eigenvalue weighted by Crippen LogP contribution is -2.38. The number of halogens is 2. The zero-order valence-electron chi connectivity index (χ0n) is 23.2. The van der Waals surface area contributed by atoms with Crippen LogP contribution < -0.4 is 23.8 Å². The van der Waals surface area contributed by atoms with Crippen molar-refractivity contribution in [3.63, 3.8) is 0 Å². The van der Waals surface area contributed by atoms with E-state index in [0.29, 0.717) is 10.8 Å². The van der Waals surface area contributed by atoms with Crippen LogP contribution >= 0.6 is 11.6 Å². The van der Waals surface area contributed by atoms with Gasteiger partial charge in [-0.25, -0.2) is 21.2 Å². The summed E-state index contributed by atoms with van der Waals surface area (Å²) in [6, 6.07) is 18.6. The fourth-order valence-corrected chi connectivity index (χ4v) is 6.61. The number of carbonyl (C=O) groups excluding carboxylic acids is 1. The molecule has 14 heteroatoms. The summed E-state index contributed by atoms with van der Waals surface area (Å²) in [6.07, 6.45) is 0. The van der Waals surface area contributed by atoms with Gasteiger partial charge in [-0.3, -0.25) is 13.8 Å². The summed E-state index contributed by atoms with van der Waals surface area (Å²) in [5.41, 5.74) is 1.32. The summed E-state index contributed by atoms with van der Waals surface area (Å²) in [5.74, 6) is -0.874. The number of rotatable bonds is 11. The number of nitrogens with one attached hydrogen (secondary N) is 2. The van der Waals surface area contributed by atoms with Crippen LogP contribution in [0.3, 0.4) is 0 Å². The highest BCUT2D eigenvalue weighted by Crippen LogP contribution is 2.32. The van der Waals surface area contributed by atoms with Crippen molar-refractivity contribution in [2.75, 3.05) is 35.1 Å². The lowest BCUT2D eigenvalue weighted by molar-refractivity contribution is -0.114. The van der Waals surface area contributed by atoms with Crippen LogP contribution in [0, 0.1) is 12.7 Å². The quantitative estimate of drug-likeness (QED) is 0.222. The number of sulfonamides is 2. The SMILES string of the molecule is COc1ccc(S(=O)(=O)N(CC(=O)Nc2ccc(S(=O)(=O)Nc3ccc(C)c(Cl)c3)cc2)c2ccc(F)cc2)cc1OC. The van der Waals surface area contributed by atoms with Gasteiger partial charge in [-0.2, -0.15) is 0 Å². The van der Waals surface area contributed by atoms with Crippen LogP contribution in [-0.2, 0) is 24.8 Å². The van der Waals surface area contributed by atoms with E-state index in [1.54, 1.807) is 19.1 Å². The molecule has 4 aromatic rings. The number of amides is 1. The number of hydrogen-bond donors (Lipinski definition) is 2. The molecule has 0 saturated carbocycles. The van der Waals surface area contributed by atoms with Gasteiger partial charge < -0.3 is 14.8 Å². The minimum Gasteiger partial charge on any atom is -0.493 e. The molecule has 0 heterocycles. The molecule has 0 aliphatic carbocycles. The first-order valence-corrected chi connectivity index (χ1v) is 15.8. The van der Waals surface area contributed by atoms with Gasteiger partial charge in [0.1, 0.15) is 12.4 Å². The zero-order chi connectivity index (χ0) is 31.4.